The van der Waals surface area contributed by atoms with E-state index in [1.54, 1.807) is 13.2 Å². The van der Waals surface area contributed by atoms with Gasteiger partial charge < -0.3 is 34.6 Å². The lowest BCUT2D eigenvalue weighted by Crippen LogP contribution is -2.58. The molecular weight excluding hydrogens is 707 g/mol. The molecule has 12 nitrogen and oxygen atoms in total. The fraction of sp³-hybridized carbons (Fsp3) is 0.512. The molecule has 13 heteroatoms. The van der Waals surface area contributed by atoms with E-state index in [1.807, 2.05) is 82.3 Å². The summed E-state index contributed by atoms with van der Waals surface area (Å²) in [6.45, 7) is 11.2. The van der Waals surface area contributed by atoms with Gasteiger partial charge in [-0.05, 0) is 56.1 Å². The quantitative estimate of drug-likeness (QED) is 0.123. The molecule has 1 aromatic heterocycles. The van der Waals surface area contributed by atoms with E-state index in [1.165, 1.54) is 4.90 Å². The number of alkyl carbamates (subject to hydrolysis) is 1. The van der Waals surface area contributed by atoms with Crippen LogP contribution in [0.1, 0.15) is 72.6 Å². The first kappa shape index (κ1) is 39.3. The SMILES string of the molecule is C=C[C@@H]1C[C@]1(NC(=O)[C@@H]1C[C@@H](Oc2cc(-c3ccccc3)nc3cc(OC)ccc23)CN1C(=O)[C@@H](NC(=O)OC1CCCC1)C(C)(C)C)P(=O)(O)CCC. The minimum absolute atomic E-state index is 0.0210. The first-order valence-electron chi connectivity index (χ1n) is 18.9. The average molecular weight is 761 g/mol. The number of rotatable bonds is 13. The molecule has 6 atom stereocenters. The second-order valence-corrected chi connectivity index (χ2v) is 18.5. The first-order valence-corrected chi connectivity index (χ1v) is 20.8. The Balaban J connectivity index is 1.34. The minimum atomic E-state index is -3.84. The van der Waals surface area contributed by atoms with Gasteiger partial charge in [0.2, 0.25) is 19.2 Å². The molecule has 3 fully saturated rings. The lowest BCUT2D eigenvalue weighted by Gasteiger charge is -2.36. The molecule has 2 aromatic carbocycles. The molecule has 3 aromatic rings. The molecule has 54 heavy (non-hydrogen) atoms. The monoisotopic (exact) mass is 760 g/mol. The zero-order chi connectivity index (χ0) is 38.8. The van der Waals surface area contributed by atoms with E-state index in [4.69, 9.17) is 19.2 Å². The summed E-state index contributed by atoms with van der Waals surface area (Å²) in [5.41, 5.74) is 1.43. The third kappa shape index (κ3) is 8.15. The Morgan fingerprint density at radius 2 is 1.83 bits per heavy atom. The van der Waals surface area contributed by atoms with E-state index in [0.29, 0.717) is 29.1 Å². The molecule has 0 radical (unpaired) electrons. The third-order valence-electron chi connectivity index (χ3n) is 10.9. The molecule has 3 amide bonds. The van der Waals surface area contributed by atoms with Crippen LogP contribution in [0.3, 0.4) is 0 Å². The van der Waals surface area contributed by atoms with E-state index in [9.17, 15) is 23.8 Å². The summed E-state index contributed by atoms with van der Waals surface area (Å²) in [6, 6.07) is 14.9. The topological polar surface area (TPSA) is 156 Å². The van der Waals surface area contributed by atoms with Gasteiger partial charge >= 0.3 is 6.09 Å². The fourth-order valence-electron chi connectivity index (χ4n) is 7.82. The number of amides is 3. The number of carbonyl (C=O) groups is 3. The Labute approximate surface area is 317 Å². The van der Waals surface area contributed by atoms with Crippen molar-refractivity contribution in [3.63, 3.8) is 0 Å². The zero-order valence-corrected chi connectivity index (χ0v) is 32.8. The predicted molar refractivity (Wildman–Crippen MR) is 208 cm³/mol. The van der Waals surface area contributed by atoms with Crippen LogP contribution in [-0.2, 0) is 18.9 Å². The largest absolute Gasteiger partial charge is 0.497 e. The summed E-state index contributed by atoms with van der Waals surface area (Å²) < 4.78 is 31.6. The molecule has 0 bridgehead atoms. The number of hydrogen-bond acceptors (Lipinski definition) is 8. The lowest BCUT2D eigenvalue weighted by atomic mass is 9.85. The third-order valence-corrected chi connectivity index (χ3v) is 13.8. The highest BCUT2D eigenvalue weighted by molar-refractivity contribution is 7.60. The molecule has 3 N–H and O–H groups in total. The van der Waals surface area contributed by atoms with Crippen molar-refractivity contribution >= 4 is 36.2 Å². The van der Waals surface area contributed by atoms with Crippen molar-refractivity contribution in [1.82, 2.24) is 20.5 Å². The van der Waals surface area contributed by atoms with Crippen LogP contribution in [0.15, 0.2) is 67.3 Å². The van der Waals surface area contributed by atoms with Gasteiger partial charge in [-0.2, -0.15) is 0 Å². The van der Waals surface area contributed by atoms with E-state index >= 15 is 0 Å². The van der Waals surface area contributed by atoms with Gasteiger partial charge in [-0.25, -0.2) is 9.78 Å². The van der Waals surface area contributed by atoms with Crippen molar-refractivity contribution in [1.29, 1.82) is 0 Å². The number of hydrogen-bond donors (Lipinski definition) is 3. The number of benzene rings is 2. The maximum Gasteiger partial charge on any atom is 0.408 e. The Kier molecular flexibility index (Phi) is 11.5. The van der Waals surface area contributed by atoms with Crippen molar-refractivity contribution in [3.8, 4) is 22.8 Å². The molecule has 290 valence electrons. The fourth-order valence-corrected chi connectivity index (χ4v) is 10.2. The standard InChI is InChI=1S/C41H53N4O8P/c1-7-20-54(49,50)41(24-27(41)8-2)44-37(46)34-22-30(25-45(34)38(47)36(40(3,4)5)43-39(48)53-28-16-12-13-17-28)52-35-23-32(26-14-10-9-11-15-26)42-33-21-29(51-6)18-19-31(33)35/h8-11,14-15,18-19,21,23,27-28,30,34,36H,2,7,12-13,16-17,20,22,24-25H2,1,3-6H3,(H,43,48)(H,44,46)(H,49,50)/t27-,30-,34+,36-,41+/m1/s1. The van der Waals surface area contributed by atoms with Crippen molar-refractivity contribution in [2.45, 2.75) is 102 Å². The first-order chi connectivity index (χ1) is 25.7. The highest BCUT2D eigenvalue weighted by Crippen LogP contribution is 2.69. The van der Waals surface area contributed by atoms with Crippen LogP contribution in [0.2, 0.25) is 0 Å². The molecular formula is C41H53N4O8P. The van der Waals surface area contributed by atoms with Gasteiger partial charge in [-0.1, -0.05) is 64.1 Å². The van der Waals surface area contributed by atoms with E-state index in [-0.39, 0.29) is 37.6 Å². The molecule has 2 aliphatic carbocycles. The summed E-state index contributed by atoms with van der Waals surface area (Å²) >= 11 is 0. The average Bonchev–Trinajstić information content (AvgIpc) is 3.41. The van der Waals surface area contributed by atoms with E-state index in [2.05, 4.69) is 17.2 Å². The van der Waals surface area contributed by atoms with Crippen LogP contribution in [0.4, 0.5) is 4.79 Å². The van der Waals surface area contributed by atoms with Crippen LogP contribution < -0.4 is 20.1 Å². The molecule has 2 saturated carbocycles. The Morgan fingerprint density at radius 1 is 1.11 bits per heavy atom. The van der Waals surface area contributed by atoms with Crippen molar-refractivity contribution in [2.75, 3.05) is 19.8 Å². The van der Waals surface area contributed by atoms with Gasteiger partial charge in [-0.15, -0.1) is 6.58 Å². The number of ether oxygens (including phenoxy) is 3. The minimum Gasteiger partial charge on any atom is -0.497 e. The van der Waals surface area contributed by atoms with Gasteiger partial charge in [0.25, 0.3) is 0 Å². The normalized spacial score (nSPS) is 24.3. The summed E-state index contributed by atoms with van der Waals surface area (Å²) in [5, 5.41) is 5.12. The number of carbonyl (C=O) groups excluding carboxylic acids is 3. The number of nitrogens with one attached hydrogen (secondary N) is 2. The Bertz CT molecular complexity index is 1930. The number of fused-ring (bicyclic) bond motifs is 1. The van der Waals surface area contributed by atoms with E-state index in [0.717, 1.165) is 36.6 Å². The Morgan fingerprint density at radius 3 is 2.46 bits per heavy atom. The molecule has 6 rings (SSSR count). The van der Waals surface area contributed by atoms with Crippen LogP contribution in [0.25, 0.3) is 22.2 Å². The maximum atomic E-state index is 14.7. The summed E-state index contributed by atoms with van der Waals surface area (Å²) in [7, 11) is -2.25. The lowest BCUT2D eigenvalue weighted by molar-refractivity contribution is -0.142. The van der Waals surface area contributed by atoms with Gasteiger partial charge in [-0.3, -0.25) is 14.2 Å². The molecule has 1 saturated heterocycles. The van der Waals surface area contributed by atoms with E-state index < -0.39 is 54.2 Å². The number of methoxy groups -OCH3 is 1. The molecule has 1 unspecified atom stereocenters. The smallest absolute Gasteiger partial charge is 0.408 e. The second kappa shape index (κ2) is 15.7. The zero-order valence-electron chi connectivity index (χ0n) is 31.9. The second-order valence-electron chi connectivity index (χ2n) is 15.9. The molecule has 2 heterocycles. The summed E-state index contributed by atoms with van der Waals surface area (Å²) in [6.07, 6.45) is 4.45. The van der Waals surface area contributed by atoms with Crippen LogP contribution >= 0.6 is 7.37 Å². The van der Waals surface area contributed by atoms with Crippen molar-refractivity contribution < 1.29 is 38.1 Å². The van der Waals surface area contributed by atoms with Crippen molar-refractivity contribution in [2.24, 2.45) is 11.3 Å². The molecule has 3 aliphatic rings. The van der Waals surface area contributed by atoms with Crippen LogP contribution in [-0.4, -0.2) is 82.1 Å². The number of likely N-dealkylation sites (tertiary alicyclic amines) is 1. The highest BCUT2D eigenvalue weighted by Gasteiger charge is 2.65. The predicted octanol–water partition coefficient (Wildman–Crippen LogP) is 7.04. The highest BCUT2D eigenvalue weighted by atomic mass is 31.2. The van der Waals surface area contributed by atoms with Crippen molar-refractivity contribution in [3.05, 3.63) is 67.3 Å². The number of aromatic nitrogens is 1. The number of pyridine rings is 1. The maximum absolute atomic E-state index is 14.7. The number of nitrogens with zero attached hydrogens (tertiary/aromatic N) is 2. The van der Waals surface area contributed by atoms with Crippen LogP contribution in [0.5, 0.6) is 11.5 Å². The molecule has 1 aliphatic heterocycles. The van der Waals surface area contributed by atoms with Gasteiger partial charge in [0, 0.05) is 41.6 Å². The van der Waals surface area contributed by atoms with Gasteiger partial charge in [0.1, 0.15) is 41.1 Å². The summed E-state index contributed by atoms with van der Waals surface area (Å²) in [4.78, 5) is 59.8. The Hall–Kier alpha value is -4.41. The van der Waals surface area contributed by atoms with Gasteiger partial charge in [0.15, 0.2) is 0 Å². The van der Waals surface area contributed by atoms with Crippen LogP contribution in [0, 0.1) is 11.3 Å². The summed E-state index contributed by atoms with van der Waals surface area (Å²) in [5.74, 6) is -0.271. The van der Waals surface area contributed by atoms with Gasteiger partial charge in [0.05, 0.1) is 24.9 Å². The molecule has 0 spiro atoms.